The normalized spacial score (nSPS) is 18.0. The van der Waals surface area contributed by atoms with Gasteiger partial charge in [0.05, 0.1) is 25.0 Å². The van der Waals surface area contributed by atoms with E-state index < -0.39 is 12.1 Å². The van der Waals surface area contributed by atoms with Crippen molar-refractivity contribution in [2.75, 3.05) is 19.7 Å². The van der Waals surface area contributed by atoms with Crippen LogP contribution >= 0.6 is 0 Å². The van der Waals surface area contributed by atoms with E-state index >= 15 is 0 Å². The Hall–Kier alpha value is -2.74. The van der Waals surface area contributed by atoms with Gasteiger partial charge in [-0.15, -0.1) is 5.10 Å². The first kappa shape index (κ1) is 15.2. The van der Waals surface area contributed by atoms with E-state index in [1.54, 1.807) is 0 Å². The number of ether oxygens (including phenoxy) is 1. The van der Waals surface area contributed by atoms with Crippen LogP contribution in [0.3, 0.4) is 0 Å². The minimum Gasteiger partial charge on any atom is -0.479 e. The number of rotatable bonds is 3. The van der Waals surface area contributed by atoms with Crippen LogP contribution in [0.25, 0.3) is 5.69 Å². The number of aryl methyl sites for hydroxylation is 1. The van der Waals surface area contributed by atoms with Crippen molar-refractivity contribution in [3.05, 3.63) is 41.7 Å². The highest BCUT2D eigenvalue weighted by Crippen LogP contribution is 2.12. The lowest BCUT2D eigenvalue weighted by Gasteiger charge is -2.30. The minimum absolute atomic E-state index is 0.00551. The van der Waals surface area contributed by atoms with Crippen molar-refractivity contribution in [2.24, 2.45) is 0 Å². The summed E-state index contributed by atoms with van der Waals surface area (Å²) >= 11 is 0. The van der Waals surface area contributed by atoms with Crippen LogP contribution in [0, 0.1) is 6.92 Å². The summed E-state index contributed by atoms with van der Waals surface area (Å²) in [6.45, 7) is 2.51. The van der Waals surface area contributed by atoms with Crippen LogP contribution in [0.5, 0.6) is 0 Å². The zero-order valence-electron chi connectivity index (χ0n) is 12.5. The van der Waals surface area contributed by atoms with Crippen LogP contribution in [0.1, 0.15) is 16.1 Å². The highest BCUT2D eigenvalue weighted by Gasteiger charge is 2.30. The van der Waals surface area contributed by atoms with Gasteiger partial charge in [0.15, 0.2) is 11.8 Å². The van der Waals surface area contributed by atoms with E-state index in [0.717, 1.165) is 11.3 Å². The summed E-state index contributed by atoms with van der Waals surface area (Å²) in [4.78, 5) is 24.8. The van der Waals surface area contributed by atoms with Gasteiger partial charge in [0.1, 0.15) is 0 Å². The summed E-state index contributed by atoms with van der Waals surface area (Å²) in [5.74, 6) is -1.43. The van der Waals surface area contributed by atoms with Crippen molar-refractivity contribution in [3.63, 3.8) is 0 Å². The molecule has 1 aromatic heterocycles. The van der Waals surface area contributed by atoms with E-state index in [0.29, 0.717) is 6.54 Å². The number of aliphatic carboxylic acids is 1. The van der Waals surface area contributed by atoms with E-state index in [2.05, 4.69) is 10.3 Å². The molecule has 0 saturated carbocycles. The number of morpholine rings is 1. The minimum atomic E-state index is -1.08. The summed E-state index contributed by atoms with van der Waals surface area (Å²) in [7, 11) is 0. The molecule has 1 fully saturated rings. The third kappa shape index (κ3) is 3.21. The lowest BCUT2D eigenvalue weighted by atomic mass is 10.2. The van der Waals surface area contributed by atoms with Crippen molar-refractivity contribution in [2.45, 2.75) is 13.0 Å². The van der Waals surface area contributed by atoms with Gasteiger partial charge in [-0.3, -0.25) is 4.79 Å². The van der Waals surface area contributed by atoms with Gasteiger partial charge < -0.3 is 14.7 Å². The molecule has 2 aromatic rings. The van der Waals surface area contributed by atoms with Crippen LogP contribution in [-0.2, 0) is 9.53 Å². The number of carbonyl (C=O) groups excluding carboxylic acids is 1. The summed E-state index contributed by atoms with van der Waals surface area (Å²) < 4.78 is 6.62. The summed E-state index contributed by atoms with van der Waals surface area (Å²) in [6, 6.07) is 7.65. The molecule has 120 valence electrons. The quantitative estimate of drug-likeness (QED) is 0.885. The average Bonchev–Trinajstić information content (AvgIpc) is 3.05. The van der Waals surface area contributed by atoms with Gasteiger partial charge in [-0.1, -0.05) is 22.9 Å². The molecule has 1 aliphatic heterocycles. The van der Waals surface area contributed by atoms with E-state index in [-0.39, 0.29) is 24.8 Å². The second-order valence-corrected chi connectivity index (χ2v) is 5.33. The van der Waals surface area contributed by atoms with Crippen molar-refractivity contribution in [1.29, 1.82) is 0 Å². The Bertz CT molecular complexity index is 725. The summed E-state index contributed by atoms with van der Waals surface area (Å²) in [5, 5.41) is 16.8. The molecule has 8 heteroatoms. The Morgan fingerprint density at radius 1 is 1.30 bits per heavy atom. The third-order valence-electron chi connectivity index (χ3n) is 3.64. The van der Waals surface area contributed by atoms with Gasteiger partial charge >= 0.3 is 5.97 Å². The Labute approximate surface area is 132 Å². The number of aromatic nitrogens is 3. The van der Waals surface area contributed by atoms with Crippen LogP contribution in [0.4, 0.5) is 0 Å². The molecule has 0 aliphatic carbocycles. The smallest absolute Gasteiger partial charge is 0.334 e. The molecule has 1 aliphatic rings. The van der Waals surface area contributed by atoms with Crippen molar-refractivity contribution < 1.29 is 19.4 Å². The highest BCUT2D eigenvalue weighted by atomic mass is 16.5. The number of hydrogen-bond acceptors (Lipinski definition) is 5. The number of nitrogens with zero attached hydrogens (tertiary/aromatic N) is 4. The molecule has 23 heavy (non-hydrogen) atoms. The van der Waals surface area contributed by atoms with Gasteiger partial charge in [0.25, 0.3) is 5.91 Å². The SMILES string of the molecule is Cc1ccc(-n2cc(C(=O)N3CCO[C@H](C(=O)O)C3)nn2)cc1. The molecule has 1 N–H and O–H groups in total. The number of benzene rings is 1. The molecule has 0 unspecified atom stereocenters. The number of amides is 1. The monoisotopic (exact) mass is 316 g/mol. The average molecular weight is 316 g/mol. The number of carboxylic acids is 1. The molecule has 0 bridgehead atoms. The zero-order chi connectivity index (χ0) is 16.4. The van der Waals surface area contributed by atoms with Crippen molar-refractivity contribution >= 4 is 11.9 Å². The third-order valence-corrected chi connectivity index (χ3v) is 3.64. The first-order valence-electron chi connectivity index (χ1n) is 7.17. The Morgan fingerprint density at radius 3 is 2.74 bits per heavy atom. The van der Waals surface area contributed by atoms with E-state index in [9.17, 15) is 9.59 Å². The summed E-state index contributed by atoms with van der Waals surface area (Å²) in [5.41, 5.74) is 2.10. The fourth-order valence-corrected chi connectivity index (χ4v) is 2.33. The standard InChI is InChI=1S/C15H16N4O4/c1-10-2-4-11(5-3-10)19-8-12(16-17-19)14(20)18-6-7-23-13(9-18)15(21)22/h2-5,8,13H,6-7,9H2,1H3,(H,21,22)/t13-/m0/s1. The number of carboxylic acid groups (broad SMARTS) is 1. The zero-order valence-corrected chi connectivity index (χ0v) is 12.5. The van der Waals surface area contributed by atoms with Crippen LogP contribution in [0.15, 0.2) is 30.5 Å². The second kappa shape index (κ2) is 6.17. The van der Waals surface area contributed by atoms with Gasteiger partial charge in [-0.25, -0.2) is 9.48 Å². The van der Waals surface area contributed by atoms with Crippen LogP contribution < -0.4 is 0 Å². The lowest BCUT2D eigenvalue weighted by molar-refractivity contribution is -0.154. The number of carbonyl (C=O) groups is 2. The van der Waals surface area contributed by atoms with Crippen molar-refractivity contribution in [3.8, 4) is 5.69 Å². The predicted molar refractivity (Wildman–Crippen MR) is 79.4 cm³/mol. The molecular weight excluding hydrogens is 300 g/mol. The molecule has 3 rings (SSSR count). The molecular formula is C15H16N4O4. The molecule has 1 amide bonds. The van der Waals surface area contributed by atoms with Crippen molar-refractivity contribution in [1.82, 2.24) is 19.9 Å². The topological polar surface area (TPSA) is 97.5 Å². The first-order chi connectivity index (χ1) is 11.0. The first-order valence-corrected chi connectivity index (χ1v) is 7.17. The maximum Gasteiger partial charge on any atom is 0.334 e. The maximum absolute atomic E-state index is 12.4. The van der Waals surface area contributed by atoms with E-state index in [1.165, 1.54) is 15.8 Å². The highest BCUT2D eigenvalue weighted by molar-refractivity contribution is 5.92. The van der Waals surface area contributed by atoms with Crippen LogP contribution in [-0.4, -0.2) is 62.7 Å². The summed E-state index contributed by atoms with van der Waals surface area (Å²) in [6.07, 6.45) is 0.540. The molecule has 2 heterocycles. The molecule has 1 aromatic carbocycles. The van der Waals surface area contributed by atoms with Gasteiger partial charge in [-0.2, -0.15) is 0 Å². The Kier molecular flexibility index (Phi) is 4.07. The second-order valence-electron chi connectivity index (χ2n) is 5.33. The van der Waals surface area contributed by atoms with Gasteiger partial charge in [0.2, 0.25) is 0 Å². The molecule has 1 saturated heterocycles. The Balaban J connectivity index is 1.75. The molecule has 0 radical (unpaired) electrons. The Morgan fingerprint density at radius 2 is 2.04 bits per heavy atom. The van der Waals surface area contributed by atoms with Gasteiger partial charge in [-0.05, 0) is 19.1 Å². The fourth-order valence-electron chi connectivity index (χ4n) is 2.33. The fraction of sp³-hybridized carbons (Fsp3) is 0.333. The van der Waals surface area contributed by atoms with E-state index in [1.807, 2.05) is 31.2 Å². The number of hydrogen-bond donors (Lipinski definition) is 1. The van der Waals surface area contributed by atoms with Gasteiger partial charge in [0, 0.05) is 6.54 Å². The largest absolute Gasteiger partial charge is 0.479 e. The molecule has 0 spiro atoms. The lowest BCUT2D eigenvalue weighted by Crippen LogP contribution is -2.48. The predicted octanol–water partition coefficient (Wildman–Crippen LogP) is 0.501. The van der Waals surface area contributed by atoms with Crippen LogP contribution in [0.2, 0.25) is 0 Å². The maximum atomic E-state index is 12.4. The molecule has 1 atom stereocenters. The molecule has 8 nitrogen and oxygen atoms in total. The van der Waals surface area contributed by atoms with E-state index in [4.69, 9.17) is 9.84 Å².